The van der Waals surface area contributed by atoms with Crippen LogP contribution in [-0.2, 0) is 6.42 Å². The van der Waals surface area contributed by atoms with E-state index >= 15 is 0 Å². The van der Waals surface area contributed by atoms with E-state index in [1.807, 2.05) is 30.3 Å². The summed E-state index contributed by atoms with van der Waals surface area (Å²) in [4.78, 5) is 17.3. The van der Waals surface area contributed by atoms with Crippen molar-refractivity contribution < 1.29 is 0 Å². The molecular weight excluding hydrogens is 240 g/mol. The molecule has 0 fully saturated rings. The highest BCUT2D eigenvalue weighted by Gasteiger charge is 2.12. The predicted molar refractivity (Wildman–Crippen MR) is 77.0 cm³/mol. The number of nitrogens with one attached hydrogen (secondary N) is 2. The summed E-state index contributed by atoms with van der Waals surface area (Å²) in [5, 5.41) is 0.780. The van der Waals surface area contributed by atoms with Gasteiger partial charge in [0.2, 0.25) is 0 Å². The van der Waals surface area contributed by atoms with Crippen LogP contribution < -0.4 is 17.0 Å². The Balaban J connectivity index is 2.18. The van der Waals surface area contributed by atoms with Crippen LogP contribution in [0.15, 0.2) is 41.2 Å². The molecule has 1 aromatic carbocycles. The van der Waals surface area contributed by atoms with Gasteiger partial charge in [-0.3, -0.25) is 4.79 Å². The minimum atomic E-state index is -0.249. The molecule has 0 amide bonds. The van der Waals surface area contributed by atoms with Gasteiger partial charge in [0.1, 0.15) is 17.2 Å². The van der Waals surface area contributed by atoms with Gasteiger partial charge in [-0.05, 0) is 11.6 Å². The molecule has 0 spiro atoms. The van der Waals surface area contributed by atoms with Crippen molar-refractivity contribution >= 4 is 22.5 Å². The lowest BCUT2D eigenvalue weighted by atomic mass is 10.0. The second kappa shape index (κ2) is 4.20. The van der Waals surface area contributed by atoms with Crippen LogP contribution in [0.25, 0.3) is 10.9 Å². The molecule has 0 saturated heterocycles. The van der Waals surface area contributed by atoms with E-state index in [9.17, 15) is 4.79 Å². The lowest BCUT2D eigenvalue weighted by Gasteiger charge is -2.02. The Morgan fingerprint density at radius 1 is 1.05 bits per heavy atom. The molecule has 5 nitrogen and oxygen atoms in total. The summed E-state index contributed by atoms with van der Waals surface area (Å²) in [6, 6.07) is 11.7. The Labute approximate surface area is 109 Å². The van der Waals surface area contributed by atoms with Crippen LogP contribution in [0.5, 0.6) is 0 Å². The zero-order chi connectivity index (χ0) is 13.4. The molecule has 0 radical (unpaired) electrons. The maximum absolute atomic E-state index is 11.8. The zero-order valence-electron chi connectivity index (χ0n) is 10.2. The third-order valence-corrected chi connectivity index (χ3v) is 3.19. The average Bonchev–Trinajstić information content (AvgIpc) is 2.69. The molecule has 2 heterocycles. The smallest absolute Gasteiger partial charge is 0.273 e. The van der Waals surface area contributed by atoms with Gasteiger partial charge in [-0.2, -0.15) is 0 Å². The van der Waals surface area contributed by atoms with Gasteiger partial charge in [0, 0.05) is 17.4 Å². The van der Waals surface area contributed by atoms with Gasteiger partial charge >= 0.3 is 0 Å². The van der Waals surface area contributed by atoms with Crippen LogP contribution in [0, 0.1) is 0 Å². The van der Waals surface area contributed by atoms with E-state index in [0.717, 1.165) is 16.5 Å². The van der Waals surface area contributed by atoms with E-state index in [1.165, 1.54) is 0 Å². The summed E-state index contributed by atoms with van der Waals surface area (Å²) in [6.45, 7) is 0. The van der Waals surface area contributed by atoms with Gasteiger partial charge in [0.25, 0.3) is 5.56 Å². The number of fused-ring (bicyclic) bond motifs is 1. The van der Waals surface area contributed by atoms with E-state index in [4.69, 9.17) is 11.5 Å². The van der Waals surface area contributed by atoms with Gasteiger partial charge in [0.15, 0.2) is 0 Å². The third kappa shape index (κ3) is 1.95. The fourth-order valence-electron chi connectivity index (χ4n) is 2.29. The number of aromatic amines is 2. The molecule has 96 valence electrons. The Kier molecular flexibility index (Phi) is 2.52. The highest BCUT2D eigenvalue weighted by Crippen LogP contribution is 2.25. The van der Waals surface area contributed by atoms with Gasteiger partial charge in [-0.25, -0.2) is 0 Å². The summed E-state index contributed by atoms with van der Waals surface area (Å²) >= 11 is 0. The Bertz CT molecular complexity index is 786. The molecular formula is C14H14N4O. The number of nitrogen functional groups attached to an aromatic ring is 2. The Hall–Kier alpha value is -2.69. The molecule has 0 aliphatic rings. The number of aromatic nitrogens is 2. The lowest BCUT2D eigenvalue weighted by Crippen LogP contribution is -2.08. The molecule has 2 aromatic heterocycles. The van der Waals surface area contributed by atoms with E-state index < -0.39 is 0 Å². The fourth-order valence-corrected chi connectivity index (χ4v) is 2.29. The summed E-state index contributed by atoms with van der Waals surface area (Å²) < 4.78 is 0. The first-order valence-corrected chi connectivity index (χ1v) is 5.98. The number of H-pyrrole nitrogens is 2. The predicted octanol–water partition coefficient (Wildman–Crippen LogP) is 1.61. The van der Waals surface area contributed by atoms with Crippen molar-refractivity contribution in [3.05, 3.63) is 57.9 Å². The van der Waals surface area contributed by atoms with E-state index in [-0.39, 0.29) is 5.56 Å². The molecule has 19 heavy (non-hydrogen) atoms. The summed E-state index contributed by atoms with van der Waals surface area (Å²) in [5.74, 6) is 0.848. The monoisotopic (exact) mass is 254 g/mol. The number of anilines is 2. The largest absolute Gasteiger partial charge is 0.385 e. The third-order valence-electron chi connectivity index (χ3n) is 3.19. The van der Waals surface area contributed by atoms with E-state index in [2.05, 4.69) is 9.97 Å². The Morgan fingerprint density at radius 3 is 2.53 bits per heavy atom. The molecule has 3 aromatic rings. The molecule has 0 atom stereocenters. The maximum Gasteiger partial charge on any atom is 0.273 e. The molecule has 3 rings (SSSR count). The minimum Gasteiger partial charge on any atom is -0.385 e. The quantitative estimate of drug-likeness (QED) is 0.559. The lowest BCUT2D eigenvalue weighted by molar-refractivity contribution is 1.21. The fraction of sp³-hybridized carbons (Fsp3) is 0.0714. The van der Waals surface area contributed by atoms with Crippen LogP contribution in [0.2, 0.25) is 0 Å². The van der Waals surface area contributed by atoms with Crippen LogP contribution >= 0.6 is 0 Å². The normalized spacial score (nSPS) is 10.9. The number of nitrogens with two attached hydrogens (primary N) is 2. The number of pyridine rings is 1. The summed E-state index contributed by atoms with van der Waals surface area (Å²) in [6.07, 6.45) is 0.662. The standard InChI is InChI=1S/C14H14N4O/c15-11-7-9-10(6-8-4-2-1-3-5-8)13(16)18-12(9)14(19)17-11/h1-5,7,18H,6,16H2,(H3,15,17,19). The minimum absolute atomic E-state index is 0.249. The van der Waals surface area contributed by atoms with Crippen LogP contribution in [0.1, 0.15) is 11.1 Å². The summed E-state index contributed by atoms with van der Waals surface area (Å²) in [7, 11) is 0. The van der Waals surface area contributed by atoms with Crippen molar-refractivity contribution in [3.8, 4) is 0 Å². The van der Waals surface area contributed by atoms with Crippen molar-refractivity contribution in [1.82, 2.24) is 9.97 Å². The van der Waals surface area contributed by atoms with Gasteiger partial charge in [-0.15, -0.1) is 0 Å². The second-order valence-electron chi connectivity index (χ2n) is 4.52. The highest BCUT2D eigenvalue weighted by molar-refractivity contribution is 5.89. The topological polar surface area (TPSA) is 101 Å². The number of hydrogen-bond donors (Lipinski definition) is 4. The highest BCUT2D eigenvalue weighted by atomic mass is 16.1. The average molecular weight is 254 g/mol. The zero-order valence-corrected chi connectivity index (χ0v) is 10.2. The molecule has 5 heteroatoms. The van der Waals surface area contributed by atoms with Crippen LogP contribution in [0.3, 0.4) is 0 Å². The van der Waals surface area contributed by atoms with Crippen molar-refractivity contribution in [2.24, 2.45) is 0 Å². The van der Waals surface area contributed by atoms with Crippen molar-refractivity contribution in [3.63, 3.8) is 0 Å². The SMILES string of the molecule is Nc1cc2c(Cc3ccccc3)c(N)[nH]c2c(=O)[nH]1. The molecule has 0 unspecified atom stereocenters. The molecule has 0 aliphatic heterocycles. The first-order chi connectivity index (χ1) is 9.15. The molecule has 0 bridgehead atoms. The van der Waals surface area contributed by atoms with Crippen molar-refractivity contribution in [2.75, 3.05) is 11.5 Å². The maximum atomic E-state index is 11.8. The van der Waals surface area contributed by atoms with Crippen molar-refractivity contribution in [1.29, 1.82) is 0 Å². The van der Waals surface area contributed by atoms with Gasteiger partial charge in [-0.1, -0.05) is 30.3 Å². The number of hydrogen-bond acceptors (Lipinski definition) is 3. The Morgan fingerprint density at radius 2 is 1.79 bits per heavy atom. The van der Waals surface area contributed by atoms with E-state index in [1.54, 1.807) is 6.07 Å². The van der Waals surface area contributed by atoms with Gasteiger partial charge in [0.05, 0.1) is 0 Å². The molecule has 0 saturated carbocycles. The van der Waals surface area contributed by atoms with E-state index in [0.29, 0.717) is 23.6 Å². The van der Waals surface area contributed by atoms with Crippen molar-refractivity contribution in [2.45, 2.75) is 6.42 Å². The molecule has 0 aliphatic carbocycles. The first-order valence-electron chi connectivity index (χ1n) is 5.98. The second-order valence-corrected chi connectivity index (χ2v) is 4.52. The van der Waals surface area contributed by atoms with Crippen LogP contribution in [0.4, 0.5) is 11.6 Å². The first kappa shape index (κ1) is 11.4. The summed E-state index contributed by atoms with van der Waals surface area (Å²) in [5.41, 5.74) is 13.9. The van der Waals surface area contributed by atoms with Gasteiger partial charge < -0.3 is 21.4 Å². The number of rotatable bonds is 2. The van der Waals surface area contributed by atoms with Crippen LogP contribution in [-0.4, -0.2) is 9.97 Å². The molecule has 6 N–H and O–H groups in total. The number of benzene rings is 1.